The second-order valence-corrected chi connectivity index (χ2v) is 5.64. The van der Waals surface area contributed by atoms with Crippen molar-refractivity contribution in [2.75, 3.05) is 25.5 Å². The van der Waals surface area contributed by atoms with E-state index in [2.05, 4.69) is 27.0 Å². The zero-order valence-corrected chi connectivity index (χ0v) is 13.2. The molecule has 0 saturated carbocycles. The van der Waals surface area contributed by atoms with Gasteiger partial charge >= 0.3 is 0 Å². The van der Waals surface area contributed by atoms with Crippen molar-refractivity contribution >= 4 is 22.8 Å². The molecule has 1 amide bonds. The molecule has 2 aromatic heterocycles. The van der Waals surface area contributed by atoms with E-state index in [-0.39, 0.29) is 18.5 Å². The van der Waals surface area contributed by atoms with Gasteiger partial charge in [0.05, 0.1) is 23.7 Å². The number of piperidine rings is 1. The Morgan fingerprint density at radius 2 is 2.26 bits per heavy atom. The Kier molecular flexibility index (Phi) is 3.97. The minimum Gasteiger partial charge on any atom is -0.372 e. The minimum absolute atomic E-state index is 0.0935. The molecule has 0 spiro atoms. The summed E-state index contributed by atoms with van der Waals surface area (Å²) in [5.41, 5.74) is 1.42. The Bertz CT molecular complexity index is 758. The van der Waals surface area contributed by atoms with Crippen LogP contribution >= 0.6 is 0 Å². The minimum atomic E-state index is -1.09. The number of nitrogens with one attached hydrogen (secondary N) is 1. The van der Waals surface area contributed by atoms with Crippen LogP contribution in [0, 0.1) is 6.92 Å². The van der Waals surface area contributed by atoms with Crippen molar-refractivity contribution in [2.24, 2.45) is 0 Å². The molecule has 0 aromatic carbocycles. The van der Waals surface area contributed by atoms with Crippen LogP contribution in [0.25, 0.3) is 11.0 Å². The number of carbonyl (C=O) groups excluding carboxylic acids is 1. The summed E-state index contributed by atoms with van der Waals surface area (Å²) in [5, 5.41) is 8.35. The predicted molar refractivity (Wildman–Crippen MR) is 84.9 cm³/mol. The van der Waals surface area contributed by atoms with Gasteiger partial charge in [-0.3, -0.25) is 4.79 Å². The van der Waals surface area contributed by atoms with Crippen molar-refractivity contribution in [3.8, 4) is 0 Å². The van der Waals surface area contributed by atoms with Crippen LogP contribution in [0.2, 0.25) is 0 Å². The number of halogens is 1. The van der Waals surface area contributed by atoms with Crippen LogP contribution in [0.5, 0.6) is 0 Å². The Morgan fingerprint density at radius 3 is 2.96 bits per heavy atom. The van der Waals surface area contributed by atoms with E-state index in [1.807, 2.05) is 6.92 Å². The third-order valence-electron chi connectivity index (χ3n) is 4.11. The SMILES string of the molecule is C=CC(=O)N1CC(F)C[C@@H](n2nc(C)c3c(NC)ncnc32)C1. The van der Waals surface area contributed by atoms with Crippen molar-refractivity contribution < 1.29 is 9.18 Å². The molecule has 1 aliphatic rings. The summed E-state index contributed by atoms with van der Waals surface area (Å²) in [6, 6.07) is -0.265. The van der Waals surface area contributed by atoms with Gasteiger partial charge in [-0.05, 0) is 13.0 Å². The molecule has 1 N–H and O–H groups in total. The maximum Gasteiger partial charge on any atom is 0.246 e. The highest BCUT2D eigenvalue weighted by molar-refractivity contribution is 5.89. The van der Waals surface area contributed by atoms with E-state index in [0.29, 0.717) is 24.4 Å². The first kappa shape index (κ1) is 15.4. The summed E-state index contributed by atoms with van der Waals surface area (Å²) in [6.45, 7) is 5.82. The molecule has 0 radical (unpaired) electrons. The van der Waals surface area contributed by atoms with Gasteiger partial charge in [0.25, 0.3) is 0 Å². The average Bonchev–Trinajstić information content (AvgIpc) is 2.90. The maximum atomic E-state index is 14.1. The molecule has 0 bridgehead atoms. The van der Waals surface area contributed by atoms with Crippen LogP contribution in [0.1, 0.15) is 18.2 Å². The van der Waals surface area contributed by atoms with Crippen molar-refractivity contribution in [3.05, 3.63) is 24.7 Å². The summed E-state index contributed by atoms with van der Waals surface area (Å²) in [7, 11) is 1.78. The second-order valence-electron chi connectivity index (χ2n) is 5.64. The van der Waals surface area contributed by atoms with Crippen LogP contribution in [0.4, 0.5) is 10.2 Å². The fourth-order valence-electron chi connectivity index (χ4n) is 3.08. The van der Waals surface area contributed by atoms with E-state index in [9.17, 15) is 9.18 Å². The Hall–Kier alpha value is -2.51. The van der Waals surface area contributed by atoms with E-state index in [0.717, 1.165) is 11.1 Å². The van der Waals surface area contributed by atoms with Crippen molar-refractivity contribution in [1.82, 2.24) is 24.6 Å². The number of anilines is 1. The molecule has 2 atom stereocenters. The van der Waals surface area contributed by atoms with Gasteiger partial charge in [-0.15, -0.1) is 0 Å². The van der Waals surface area contributed by atoms with E-state index in [4.69, 9.17) is 0 Å². The van der Waals surface area contributed by atoms with Crippen LogP contribution in [-0.4, -0.2) is 56.9 Å². The van der Waals surface area contributed by atoms with Gasteiger partial charge < -0.3 is 10.2 Å². The lowest BCUT2D eigenvalue weighted by Gasteiger charge is -2.34. The van der Waals surface area contributed by atoms with Gasteiger partial charge in [-0.2, -0.15) is 5.10 Å². The van der Waals surface area contributed by atoms with Gasteiger partial charge in [0.15, 0.2) is 5.65 Å². The largest absolute Gasteiger partial charge is 0.372 e. The third kappa shape index (κ3) is 2.64. The Labute approximate surface area is 133 Å². The van der Waals surface area contributed by atoms with Crippen LogP contribution in [0.15, 0.2) is 19.0 Å². The molecule has 23 heavy (non-hydrogen) atoms. The molecule has 0 aliphatic carbocycles. The molecule has 3 rings (SSSR count). The van der Waals surface area contributed by atoms with Crippen molar-refractivity contribution in [3.63, 3.8) is 0 Å². The zero-order chi connectivity index (χ0) is 16.6. The Balaban J connectivity index is 2.02. The number of aryl methyl sites for hydroxylation is 1. The number of amides is 1. The van der Waals surface area contributed by atoms with Crippen LogP contribution in [0.3, 0.4) is 0 Å². The fourth-order valence-corrected chi connectivity index (χ4v) is 3.08. The number of hydrogen-bond acceptors (Lipinski definition) is 5. The van der Waals surface area contributed by atoms with Gasteiger partial charge in [0, 0.05) is 20.0 Å². The number of likely N-dealkylation sites (tertiary alicyclic amines) is 1. The highest BCUT2D eigenvalue weighted by Crippen LogP contribution is 2.29. The molecular formula is C15H19FN6O. The summed E-state index contributed by atoms with van der Waals surface area (Å²) in [6.07, 6.45) is 1.87. The number of alkyl halides is 1. The first-order chi connectivity index (χ1) is 11.0. The smallest absolute Gasteiger partial charge is 0.246 e. The number of aromatic nitrogens is 4. The second kappa shape index (κ2) is 5.94. The lowest BCUT2D eigenvalue weighted by molar-refractivity contribution is -0.129. The zero-order valence-electron chi connectivity index (χ0n) is 13.2. The first-order valence-corrected chi connectivity index (χ1v) is 7.48. The highest BCUT2D eigenvalue weighted by Gasteiger charge is 2.32. The summed E-state index contributed by atoms with van der Waals surface area (Å²) in [5.74, 6) is 0.418. The van der Waals surface area contributed by atoms with Crippen molar-refractivity contribution in [2.45, 2.75) is 25.6 Å². The van der Waals surface area contributed by atoms with E-state index >= 15 is 0 Å². The molecule has 1 fully saturated rings. The van der Waals surface area contributed by atoms with Gasteiger partial charge in [-0.1, -0.05) is 6.58 Å². The highest BCUT2D eigenvalue weighted by atomic mass is 19.1. The molecule has 7 nitrogen and oxygen atoms in total. The number of nitrogens with zero attached hydrogens (tertiary/aromatic N) is 5. The van der Waals surface area contributed by atoms with E-state index < -0.39 is 6.17 Å². The normalized spacial score (nSPS) is 21.4. The predicted octanol–water partition coefficient (Wildman–Crippen LogP) is 1.47. The molecule has 122 valence electrons. The van der Waals surface area contributed by atoms with E-state index in [1.54, 1.807) is 11.7 Å². The van der Waals surface area contributed by atoms with Gasteiger partial charge in [0.2, 0.25) is 5.91 Å². The summed E-state index contributed by atoms with van der Waals surface area (Å²) >= 11 is 0. The summed E-state index contributed by atoms with van der Waals surface area (Å²) in [4.78, 5) is 21.8. The number of fused-ring (bicyclic) bond motifs is 1. The number of hydrogen-bond donors (Lipinski definition) is 1. The number of rotatable bonds is 3. The van der Waals surface area contributed by atoms with Crippen LogP contribution in [-0.2, 0) is 4.79 Å². The molecule has 8 heteroatoms. The standard InChI is InChI=1S/C15H19FN6O/c1-4-12(23)21-6-10(16)5-11(7-21)22-15-13(9(2)20-22)14(17-3)18-8-19-15/h4,8,10-11H,1,5-7H2,2-3H3,(H,17,18,19)/t10?,11-/m1/s1. The van der Waals surface area contributed by atoms with E-state index in [1.165, 1.54) is 17.3 Å². The molecule has 3 heterocycles. The number of carbonyl (C=O) groups is 1. The average molecular weight is 318 g/mol. The van der Waals surface area contributed by atoms with Gasteiger partial charge in [0.1, 0.15) is 18.3 Å². The Morgan fingerprint density at radius 1 is 1.48 bits per heavy atom. The molecule has 1 aliphatic heterocycles. The lowest BCUT2D eigenvalue weighted by atomic mass is 10.0. The topological polar surface area (TPSA) is 75.9 Å². The van der Waals surface area contributed by atoms with Gasteiger partial charge in [-0.25, -0.2) is 19.0 Å². The van der Waals surface area contributed by atoms with Crippen LogP contribution < -0.4 is 5.32 Å². The maximum absolute atomic E-state index is 14.1. The molecule has 2 aromatic rings. The van der Waals surface area contributed by atoms with Crippen molar-refractivity contribution in [1.29, 1.82) is 0 Å². The lowest BCUT2D eigenvalue weighted by Crippen LogP contribution is -2.45. The first-order valence-electron chi connectivity index (χ1n) is 7.48. The fraction of sp³-hybridized carbons (Fsp3) is 0.467. The molecular weight excluding hydrogens is 299 g/mol. The monoisotopic (exact) mass is 318 g/mol. The molecule has 1 saturated heterocycles. The summed E-state index contributed by atoms with van der Waals surface area (Å²) < 4.78 is 15.8. The third-order valence-corrected chi connectivity index (χ3v) is 4.11. The quantitative estimate of drug-likeness (QED) is 0.868. The molecule has 1 unspecified atom stereocenters.